The van der Waals surface area contributed by atoms with Crippen LogP contribution in [0.4, 0.5) is 5.69 Å². The van der Waals surface area contributed by atoms with Gasteiger partial charge in [-0.3, -0.25) is 13.9 Å². The molecule has 1 N–H and O–H groups in total. The van der Waals surface area contributed by atoms with Crippen molar-refractivity contribution in [2.24, 2.45) is 0 Å². The highest BCUT2D eigenvalue weighted by atomic mass is 35.5. The molecule has 2 amide bonds. The van der Waals surface area contributed by atoms with Gasteiger partial charge in [0.25, 0.3) is 10.0 Å². The van der Waals surface area contributed by atoms with Crippen LogP contribution in [0.2, 0.25) is 10.0 Å². The first-order chi connectivity index (χ1) is 22.5. The van der Waals surface area contributed by atoms with Crippen molar-refractivity contribution in [1.29, 1.82) is 0 Å². The molecular weight excluding hydrogens is 653 g/mol. The second kappa shape index (κ2) is 16.8. The largest absolute Gasteiger partial charge is 0.354 e. The van der Waals surface area contributed by atoms with E-state index < -0.39 is 28.5 Å². The Balaban J connectivity index is 1.84. The maximum atomic E-state index is 14.7. The molecule has 1 atom stereocenters. The van der Waals surface area contributed by atoms with E-state index in [4.69, 9.17) is 23.2 Å². The highest BCUT2D eigenvalue weighted by molar-refractivity contribution is 7.92. The first-order valence-electron chi connectivity index (χ1n) is 15.8. The van der Waals surface area contributed by atoms with Crippen molar-refractivity contribution >= 4 is 50.7 Å². The van der Waals surface area contributed by atoms with Crippen molar-refractivity contribution in [3.8, 4) is 0 Å². The van der Waals surface area contributed by atoms with Crippen molar-refractivity contribution in [3.63, 3.8) is 0 Å². The van der Waals surface area contributed by atoms with Crippen molar-refractivity contribution < 1.29 is 18.0 Å². The molecule has 0 saturated carbocycles. The van der Waals surface area contributed by atoms with Gasteiger partial charge < -0.3 is 10.2 Å². The first-order valence-corrected chi connectivity index (χ1v) is 18.0. The Morgan fingerprint density at radius 1 is 0.851 bits per heavy atom. The van der Waals surface area contributed by atoms with Gasteiger partial charge in [-0.05, 0) is 66.8 Å². The number of rotatable bonds is 15. The van der Waals surface area contributed by atoms with Crippen LogP contribution in [-0.4, -0.2) is 44.3 Å². The lowest BCUT2D eigenvalue weighted by molar-refractivity contribution is -0.140. The summed E-state index contributed by atoms with van der Waals surface area (Å²) in [4.78, 5) is 30.1. The third-order valence-corrected chi connectivity index (χ3v) is 10.3. The number of carbonyl (C=O) groups excluding carboxylic acids is 2. The number of para-hydroxylation sites is 1. The zero-order chi connectivity index (χ0) is 34.0. The van der Waals surface area contributed by atoms with Crippen LogP contribution in [0.3, 0.4) is 0 Å². The minimum absolute atomic E-state index is 0.0403. The predicted octanol–water partition coefficient (Wildman–Crippen LogP) is 7.62. The molecule has 0 aliphatic carbocycles. The Labute approximate surface area is 288 Å². The van der Waals surface area contributed by atoms with Crippen molar-refractivity contribution in [3.05, 3.63) is 129 Å². The molecule has 0 radical (unpaired) electrons. The van der Waals surface area contributed by atoms with Crippen LogP contribution in [0.25, 0.3) is 0 Å². The quantitative estimate of drug-likeness (QED) is 0.130. The average Bonchev–Trinajstić information content (AvgIpc) is 3.06. The van der Waals surface area contributed by atoms with E-state index >= 15 is 0 Å². The van der Waals surface area contributed by atoms with Crippen LogP contribution in [0.15, 0.2) is 102 Å². The third-order valence-electron chi connectivity index (χ3n) is 7.99. The molecule has 0 aliphatic heterocycles. The Kier molecular flexibility index (Phi) is 12.9. The van der Waals surface area contributed by atoms with Gasteiger partial charge in [-0.15, -0.1) is 0 Å². The lowest BCUT2D eigenvalue weighted by Gasteiger charge is -2.34. The molecule has 0 aromatic heterocycles. The Morgan fingerprint density at radius 3 is 2.19 bits per heavy atom. The van der Waals surface area contributed by atoms with Crippen LogP contribution in [0, 0.1) is 6.92 Å². The number of carbonyl (C=O) groups is 2. The summed E-state index contributed by atoms with van der Waals surface area (Å²) in [7, 11) is -4.20. The van der Waals surface area contributed by atoms with E-state index in [2.05, 4.69) is 5.32 Å². The number of hydrogen-bond donors (Lipinski definition) is 1. The van der Waals surface area contributed by atoms with E-state index in [0.29, 0.717) is 34.3 Å². The fourth-order valence-electron chi connectivity index (χ4n) is 5.30. The number of nitrogens with zero attached hydrogens (tertiary/aromatic N) is 2. The number of hydrogen-bond acceptors (Lipinski definition) is 4. The number of benzene rings is 4. The molecule has 0 spiro atoms. The molecule has 0 fully saturated rings. The fourth-order valence-corrected chi connectivity index (χ4v) is 7.22. The zero-order valence-electron chi connectivity index (χ0n) is 27.0. The van der Waals surface area contributed by atoms with Gasteiger partial charge in [-0.2, -0.15) is 0 Å². The van der Waals surface area contributed by atoms with Crippen molar-refractivity contribution in [2.75, 3.05) is 17.4 Å². The summed E-state index contributed by atoms with van der Waals surface area (Å²) in [6.07, 6.45) is 2.42. The maximum Gasteiger partial charge on any atom is 0.264 e. The summed E-state index contributed by atoms with van der Waals surface area (Å²) >= 11 is 12.8. The molecule has 0 aliphatic rings. The summed E-state index contributed by atoms with van der Waals surface area (Å²) in [5.41, 5.74) is 3.50. The summed E-state index contributed by atoms with van der Waals surface area (Å²) in [6, 6.07) is 27.1. The Hall–Kier alpha value is -3.85. The monoisotopic (exact) mass is 693 g/mol. The number of unbranched alkanes of at least 4 members (excludes halogenated alkanes) is 1. The molecule has 0 unspecified atom stereocenters. The molecule has 4 aromatic rings. The van der Waals surface area contributed by atoms with Gasteiger partial charge in [-0.25, -0.2) is 8.42 Å². The molecule has 4 aromatic carbocycles. The molecule has 0 bridgehead atoms. The molecule has 10 heteroatoms. The van der Waals surface area contributed by atoms with Crippen molar-refractivity contribution in [1.82, 2.24) is 10.2 Å². The maximum absolute atomic E-state index is 14.7. The van der Waals surface area contributed by atoms with Gasteiger partial charge in [0, 0.05) is 29.6 Å². The highest BCUT2D eigenvalue weighted by Crippen LogP contribution is 2.29. The van der Waals surface area contributed by atoms with Gasteiger partial charge in [0.15, 0.2) is 0 Å². The van der Waals surface area contributed by atoms with E-state index in [1.165, 1.54) is 4.90 Å². The summed E-state index contributed by atoms with van der Waals surface area (Å²) in [5, 5.41) is 3.76. The predicted molar refractivity (Wildman–Crippen MR) is 190 cm³/mol. The van der Waals surface area contributed by atoms with Gasteiger partial charge in [0.05, 0.1) is 10.6 Å². The van der Waals surface area contributed by atoms with E-state index in [1.54, 1.807) is 54.6 Å². The minimum Gasteiger partial charge on any atom is -0.354 e. The lowest BCUT2D eigenvalue weighted by Crippen LogP contribution is -2.53. The van der Waals surface area contributed by atoms with Crippen LogP contribution >= 0.6 is 23.2 Å². The van der Waals surface area contributed by atoms with Crippen LogP contribution in [-0.2, 0) is 39.0 Å². The number of anilines is 1. The Morgan fingerprint density at radius 2 is 1.53 bits per heavy atom. The van der Waals surface area contributed by atoms with E-state index in [0.717, 1.165) is 33.8 Å². The smallest absolute Gasteiger partial charge is 0.264 e. The molecule has 7 nitrogen and oxygen atoms in total. The van der Waals surface area contributed by atoms with E-state index in [-0.39, 0.29) is 23.8 Å². The Bertz CT molecular complexity index is 1770. The van der Waals surface area contributed by atoms with Gasteiger partial charge in [0.1, 0.15) is 12.6 Å². The highest BCUT2D eigenvalue weighted by Gasteiger charge is 2.35. The van der Waals surface area contributed by atoms with Gasteiger partial charge >= 0.3 is 0 Å². The minimum atomic E-state index is -4.20. The second-order valence-corrected chi connectivity index (χ2v) is 14.1. The standard InChI is InChI=1S/C37H41Cl2N3O4S/c1-4-6-22-40-37(44)35(23-28-12-8-7-9-13-28)41(25-30-18-19-31(38)24-33(30)39)36(43)26-42(34-15-11-10-14-29(34)5-2)47(45,46)32-20-16-27(3)17-21-32/h7-21,24,35H,4-6,22-23,25-26H2,1-3H3,(H,40,44)/t35-/m1/s1. The van der Waals surface area contributed by atoms with Crippen molar-refractivity contribution in [2.45, 2.75) is 63.9 Å². The normalized spacial score (nSPS) is 11.9. The molecule has 47 heavy (non-hydrogen) atoms. The number of halogens is 2. The number of nitrogens with one attached hydrogen (secondary N) is 1. The molecule has 248 valence electrons. The summed E-state index contributed by atoms with van der Waals surface area (Å²) in [5.74, 6) is -0.883. The number of aryl methyl sites for hydroxylation is 2. The van der Waals surface area contributed by atoms with Crippen LogP contribution in [0.1, 0.15) is 48.9 Å². The van der Waals surface area contributed by atoms with Crippen LogP contribution in [0.5, 0.6) is 0 Å². The van der Waals surface area contributed by atoms with Crippen LogP contribution < -0.4 is 9.62 Å². The van der Waals surface area contributed by atoms with Gasteiger partial charge in [0.2, 0.25) is 11.8 Å². The molecule has 0 heterocycles. The van der Waals surface area contributed by atoms with Gasteiger partial charge in [-0.1, -0.05) is 116 Å². The summed E-state index contributed by atoms with van der Waals surface area (Å²) in [6.45, 7) is 5.71. The average molecular weight is 695 g/mol. The number of sulfonamides is 1. The topological polar surface area (TPSA) is 86.8 Å². The third kappa shape index (κ3) is 9.37. The summed E-state index contributed by atoms with van der Waals surface area (Å²) < 4.78 is 29.8. The second-order valence-electron chi connectivity index (χ2n) is 11.4. The lowest BCUT2D eigenvalue weighted by atomic mass is 10.0. The molecule has 4 rings (SSSR count). The number of amides is 2. The van der Waals surface area contributed by atoms with E-state index in [1.807, 2.05) is 63.2 Å². The SMILES string of the molecule is CCCCNC(=O)[C@@H](Cc1ccccc1)N(Cc1ccc(Cl)cc1Cl)C(=O)CN(c1ccccc1CC)S(=O)(=O)c1ccc(C)cc1. The fraction of sp³-hybridized carbons (Fsp3) is 0.297. The molecular formula is C37H41Cl2N3O4S. The zero-order valence-corrected chi connectivity index (χ0v) is 29.3. The molecule has 0 saturated heterocycles. The van der Waals surface area contributed by atoms with E-state index in [9.17, 15) is 18.0 Å². The first kappa shape index (κ1) is 36.0.